The van der Waals surface area contributed by atoms with Crippen molar-refractivity contribution < 1.29 is 14.3 Å². The molecule has 0 aliphatic rings. The zero-order chi connectivity index (χ0) is 15.4. The lowest BCUT2D eigenvalue weighted by Crippen LogP contribution is -2.13. The van der Waals surface area contributed by atoms with Gasteiger partial charge in [-0.25, -0.2) is 0 Å². The minimum absolute atomic E-state index is 0.278. The average Bonchev–Trinajstić information content (AvgIpc) is 2.49. The van der Waals surface area contributed by atoms with Crippen LogP contribution in [-0.4, -0.2) is 20.1 Å². The molecule has 1 N–H and O–H groups in total. The Kier molecular flexibility index (Phi) is 4.70. The van der Waals surface area contributed by atoms with Gasteiger partial charge in [0.1, 0.15) is 11.5 Å². The summed E-state index contributed by atoms with van der Waals surface area (Å²) >= 11 is 6.03. The zero-order valence-electron chi connectivity index (χ0n) is 12.1. The topological polar surface area (TPSA) is 47.6 Å². The second kappa shape index (κ2) is 6.50. The molecule has 0 spiro atoms. The Morgan fingerprint density at radius 3 is 2.19 bits per heavy atom. The number of methoxy groups -OCH3 is 2. The predicted octanol–water partition coefficient (Wildman–Crippen LogP) is 3.92. The van der Waals surface area contributed by atoms with Crippen LogP contribution in [0, 0.1) is 6.92 Å². The van der Waals surface area contributed by atoms with Crippen LogP contribution in [0.2, 0.25) is 5.02 Å². The lowest BCUT2D eigenvalue weighted by atomic mass is 10.1. The SMILES string of the molecule is COc1cc(C(=O)Nc2ccccc2Cl)cc(OC)c1C. The molecule has 0 saturated heterocycles. The van der Waals surface area contributed by atoms with E-state index in [1.165, 1.54) is 0 Å². The Labute approximate surface area is 128 Å². The third-order valence-electron chi connectivity index (χ3n) is 3.14. The lowest BCUT2D eigenvalue weighted by Gasteiger charge is -2.13. The van der Waals surface area contributed by atoms with Crippen LogP contribution in [0.15, 0.2) is 36.4 Å². The maximum Gasteiger partial charge on any atom is 0.255 e. The van der Waals surface area contributed by atoms with Gasteiger partial charge in [-0.2, -0.15) is 0 Å². The van der Waals surface area contributed by atoms with E-state index in [0.29, 0.717) is 27.8 Å². The number of carbonyl (C=O) groups excluding carboxylic acids is 1. The van der Waals surface area contributed by atoms with Crippen molar-refractivity contribution >= 4 is 23.2 Å². The highest BCUT2D eigenvalue weighted by atomic mass is 35.5. The Balaban J connectivity index is 2.33. The molecular formula is C16H16ClNO3. The largest absolute Gasteiger partial charge is 0.496 e. The van der Waals surface area contributed by atoms with Gasteiger partial charge in [-0.15, -0.1) is 0 Å². The van der Waals surface area contributed by atoms with Gasteiger partial charge in [-0.05, 0) is 31.2 Å². The molecule has 5 heteroatoms. The van der Waals surface area contributed by atoms with Crippen molar-refractivity contribution in [2.24, 2.45) is 0 Å². The molecule has 0 unspecified atom stereocenters. The van der Waals surface area contributed by atoms with E-state index in [0.717, 1.165) is 5.56 Å². The summed E-state index contributed by atoms with van der Waals surface area (Å²) in [6.45, 7) is 1.87. The molecule has 4 nitrogen and oxygen atoms in total. The Hall–Kier alpha value is -2.20. The number of rotatable bonds is 4. The summed E-state index contributed by atoms with van der Waals surface area (Å²) in [5.74, 6) is 0.914. The van der Waals surface area contributed by atoms with Gasteiger partial charge in [0, 0.05) is 11.1 Å². The maximum absolute atomic E-state index is 12.3. The van der Waals surface area contributed by atoms with E-state index < -0.39 is 0 Å². The predicted molar refractivity (Wildman–Crippen MR) is 83.7 cm³/mol. The van der Waals surface area contributed by atoms with Crippen molar-refractivity contribution in [1.29, 1.82) is 0 Å². The third-order valence-corrected chi connectivity index (χ3v) is 3.47. The van der Waals surface area contributed by atoms with Crippen LogP contribution >= 0.6 is 11.6 Å². The molecule has 0 saturated carbocycles. The van der Waals surface area contributed by atoms with Gasteiger partial charge < -0.3 is 14.8 Å². The minimum Gasteiger partial charge on any atom is -0.496 e. The standard InChI is InChI=1S/C16H16ClNO3/c1-10-14(20-2)8-11(9-15(10)21-3)16(19)18-13-7-5-4-6-12(13)17/h4-9H,1-3H3,(H,18,19). The van der Waals surface area contributed by atoms with Crippen LogP contribution in [0.3, 0.4) is 0 Å². The first-order chi connectivity index (χ1) is 10.1. The zero-order valence-corrected chi connectivity index (χ0v) is 12.8. The maximum atomic E-state index is 12.3. The van der Waals surface area contributed by atoms with E-state index in [4.69, 9.17) is 21.1 Å². The molecule has 0 fully saturated rings. The number of hydrogen-bond acceptors (Lipinski definition) is 3. The summed E-state index contributed by atoms with van der Waals surface area (Å²) < 4.78 is 10.5. The number of anilines is 1. The van der Waals surface area contributed by atoms with Crippen molar-refractivity contribution in [2.45, 2.75) is 6.92 Å². The third kappa shape index (κ3) is 3.28. The molecule has 0 radical (unpaired) electrons. The first-order valence-corrected chi connectivity index (χ1v) is 6.73. The van der Waals surface area contributed by atoms with Crippen LogP contribution in [0.1, 0.15) is 15.9 Å². The number of hydrogen-bond donors (Lipinski definition) is 1. The molecule has 0 bridgehead atoms. The van der Waals surface area contributed by atoms with Crippen LogP contribution < -0.4 is 14.8 Å². The highest BCUT2D eigenvalue weighted by molar-refractivity contribution is 6.33. The lowest BCUT2D eigenvalue weighted by molar-refractivity contribution is 0.102. The molecule has 0 atom stereocenters. The number of carbonyl (C=O) groups is 1. The highest BCUT2D eigenvalue weighted by Crippen LogP contribution is 2.30. The molecule has 2 aromatic carbocycles. The number of amides is 1. The Morgan fingerprint density at radius 2 is 1.67 bits per heavy atom. The van der Waals surface area contributed by atoms with Gasteiger partial charge in [0.2, 0.25) is 0 Å². The normalized spacial score (nSPS) is 10.1. The smallest absolute Gasteiger partial charge is 0.255 e. The summed E-state index contributed by atoms with van der Waals surface area (Å²) in [5, 5.41) is 3.25. The molecule has 0 heterocycles. The molecule has 1 amide bonds. The molecular weight excluding hydrogens is 290 g/mol. The molecule has 2 aromatic rings. The van der Waals surface area contributed by atoms with E-state index in [1.54, 1.807) is 50.6 Å². The molecule has 2 rings (SSSR count). The van der Waals surface area contributed by atoms with Gasteiger partial charge in [0.25, 0.3) is 5.91 Å². The number of benzene rings is 2. The fourth-order valence-electron chi connectivity index (χ4n) is 1.97. The number of halogens is 1. The minimum atomic E-state index is -0.278. The van der Waals surface area contributed by atoms with Gasteiger partial charge in [0.15, 0.2) is 0 Å². The van der Waals surface area contributed by atoms with E-state index in [-0.39, 0.29) is 5.91 Å². The fraction of sp³-hybridized carbons (Fsp3) is 0.188. The fourth-order valence-corrected chi connectivity index (χ4v) is 2.16. The summed E-state index contributed by atoms with van der Waals surface area (Å²) in [4.78, 5) is 12.3. The number of para-hydroxylation sites is 1. The van der Waals surface area contributed by atoms with E-state index in [1.807, 2.05) is 6.92 Å². The quantitative estimate of drug-likeness (QED) is 0.931. The molecule has 0 aliphatic carbocycles. The van der Waals surface area contributed by atoms with Gasteiger partial charge >= 0.3 is 0 Å². The van der Waals surface area contributed by atoms with Crippen LogP contribution in [0.5, 0.6) is 11.5 Å². The summed E-state index contributed by atoms with van der Waals surface area (Å²) in [7, 11) is 3.11. The summed E-state index contributed by atoms with van der Waals surface area (Å²) in [6, 6.07) is 10.4. The molecule has 110 valence electrons. The van der Waals surface area contributed by atoms with Crippen molar-refractivity contribution in [3.05, 3.63) is 52.5 Å². The molecule has 21 heavy (non-hydrogen) atoms. The first kappa shape index (κ1) is 15.2. The van der Waals surface area contributed by atoms with E-state index in [2.05, 4.69) is 5.32 Å². The molecule has 0 aromatic heterocycles. The van der Waals surface area contributed by atoms with E-state index in [9.17, 15) is 4.79 Å². The van der Waals surface area contributed by atoms with Crippen LogP contribution in [0.25, 0.3) is 0 Å². The summed E-state index contributed by atoms with van der Waals surface area (Å²) in [6.07, 6.45) is 0. The van der Waals surface area contributed by atoms with Crippen LogP contribution in [-0.2, 0) is 0 Å². The van der Waals surface area contributed by atoms with Crippen molar-refractivity contribution in [1.82, 2.24) is 0 Å². The van der Waals surface area contributed by atoms with Gasteiger partial charge in [-0.1, -0.05) is 23.7 Å². The van der Waals surface area contributed by atoms with Crippen LogP contribution in [0.4, 0.5) is 5.69 Å². The Morgan fingerprint density at radius 1 is 1.10 bits per heavy atom. The average molecular weight is 306 g/mol. The van der Waals surface area contributed by atoms with Crippen molar-refractivity contribution in [2.75, 3.05) is 19.5 Å². The first-order valence-electron chi connectivity index (χ1n) is 6.35. The van der Waals surface area contributed by atoms with Gasteiger partial charge in [-0.3, -0.25) is 4.79 Å². The second-order valence-corrected chi connectivity index (χ2v) is 4.85. The van der Waals surface area contributed by atoms with E-state index >= 15 is 0 Å². The monoisotopic (exact) mass is 305 g/mol. The summed E-state index contributed by atoms with van der Waals surface area (Å²) in [5.41, 5.74) is 1.84. The number of nitrogens with one attached hydrogen (secondary N) is 1. The second-order valence-electron chi connectivity index (χ2n) is 4.44. The van der Waals surface area contributed by atoms with Crippen molar-refractivity contribution in [3.63, 3.8) is 0 Å². The highest BCUT2D eigenvalue weighted by Gasteiger charge is 2.14. The number of ether oxygens (including phenoxy) is 2. The van der Waals surface area contributed by atoms with Crippen molar-refractivity contribution in [3.8, 4) is 11.5 Å². The van der Waals surface area contributed by atoms with Gasteiger partial charge in [0.05, 0.1) is 24.9 Å². The molecule has 0 aliphatic heterocycles. The Bertz CT molecular complexity index is 645.